The van der Waals surface area contributed by atoms with Gasteiger partial charge in [0.2, 0.25) is 29.5 Å². The van der Waals surface area contributed by atoms with Gasteiger partial charge in [0, 0.05) is 37.2 Å². The number of H-pyrrole nitrogens is 1. The standard InChI is InChI=1S/C41H64N8O8S/c1-24(2)16-29-30(20-35(51)45-29)46-37(53)28(14-15-58-8)44-36(52)21-34(50)31(17-25(3)4)47-39(55)33(19-27-22-42-23-43-27)48-38(54)32(18-26-12-10-9-11-13-26)49-40(56)57-41(5,6)7/h9-13,22-25,28-34,50H,14-21H2,1-8H3,(H,42,43)(H,44,52)(H,45,51)(H,46,53)(H,47,55)(H,48,54)(H,49,56)/t28-,29-,30-,31-,32-,33-,34-/m0/s1. The Morgan fingerprint density at radius 2 is 1.59 bits per heavy atom. The zero-order valence-corrected chi connectivity index (χ0v) is 35.9. The summed E-state index contributed by atoms with van der Waals surface area (Å²) in [5, 5.41) is 28.4. The van der Waals surface area contributed by atoms with Crippen molar-refractivity contribution in [3.8, 4) is 0 Å². The van der Waals surface area contributed by atoms with E-state index in [0.717, 1.165) is 5.56 Å². The van der Waals surface area contributed by atoms with E-state index < -0.39 is 78.1 Å². The zero-order valence-electron chi connectivity index (χ0n) is 35.1. The quantitative estimate of drug-likeness (QED) is 0.0865. The number of hydrogen-bond acceptors (Lipinski definition) is 10. The first-order valence-electron chi connectivity index (χ1n) is 20.0. The van der Waals surface area contributed by atoms with Crippen LogP contribution in [-0.2, 0) is 41.6 Å². The van der Waals surface area contributed by atoms with Crippen molar-refractivity contribution in [3.05, 3.63) is 54.1 Å². The number of hydrogen-bond donors (Lipinski definition) is 8. The first-order chi connectivity index (χ1) is 27.3. The van der Waals surface area contributed by atoms with E-state index >= 15 is 0 Å². The van der Waals surface area contributed by atoms with Crippen LogP contribution in [0, 0.1) is 11.8 Å². The Kier molecular flexibility index (Phi) is 19.0. The maximum Gasteiger partial charge on any atom is 0.408 e. The van der Waals surface area contributed by atoms with Gasteiger partial charge < -0.3 is 46.7 Å². The topological polar surface area (TPSA) is 233 Å². The van der Waals surface area contributed by atoms with Crippen LogP contribution >= 0.6 is 11.8 Å². The number of aliphatic hydroxyl groups is 1. The SMILES string of the molecule is CSCC[C@H](NC(=O)C[C@H](O)[C@H](CC(C)C)NC(=O)[C@H](Cc1cnc[nH]1)NC(=O)[C@H](Cc1ccccc1)NC(=O)OC(C)(C)C)C(=O)N[C@H]1CC(=O)N[C@H]1CC(C)C. The Morgan fingerprint density at radius 3 is 2.19 bits per heavy atom. The number of aromatic amines is 1. The summed E-state index contributed by atoms with van der Waals surface area (Å²) in [5.74, 6) is -1.55. The van der Waals surface area contributed by atoms with Crippen molar-refractivity contribution >= 4 is 47.4 Å². The van der Waals surface area contributed by atoms with E-state index in [4.69, 9.17) is 4.74 Å². The monoisotopic (exact) mass is 828 g/mol. The number of amides is 6. The van der Waals surface area contributed by atoms with Gasteiger partial charge in [0.05, 0.1) is 30.9 Å². The molecule has 17 heteroatoms. The number of nitrogens with zero attached hydrogens (tertiary/aromatic N) is 1. The number of aliphatic hydroxyl groups excluding tert-OH is 1. The summed E-state index contributed by atoms with van der Waals surface area (Å²) in [6.07, 6.45) is 3.85. The number of imidazole rings is 1. The summed E-state index contributed by atoms with van der Waals surface area (Å²) >= 11 is 1.52. The highest BCUT2D eigenvalue weighted by Gasteiger charge is 2.36. The predicted molar refractivity (Wildman–Crippen MR) is 222 cm³/mol. The molecule has 2 heterocycles. The Morgan fingerprint density at radius 1 is 0.914 bits per heavy atom. The smallest absolute Gasteiger partial charge is 0.408 e. The van der Waals surface area contributed by atoms with E-state index in [1.165, 1.54) is 24.3 Å². The molecule has 1 saturated heterocycles. The van der Waals surface area contributed by atoms with E-state index in [0.29, 0.717) is 30.2 Å². The third-order valence-electron chi connectivity index (χ3n) is 9.37. The Balaban J connectivity index is 1.76. The second-order valence-electron chi connectivity index (χ2n) is 16.8. The second-order valence-corrected chi connectivity index (χ2v) is 17.8. The van der Waals surface area contributed by atoms with Crippen molar-refractivity contribution in [2.24, 2.45) is 11.8 Å². The molecule has 6 amide bonds. The van der Waals surface area contributed by atoms with E-state index in [9.17, 15) is 33.9 Å². The molecule has 16 nitrogen and oxygen atoms in total. The lowest BCUT2D eigenvalue weighted by Crippen LogP contribution is -2.58. The maximum absolute atomic E-state index is 14.1. The third-order valence-corrected chi connectivity index (χ3v) is 10.0. The summed E-state index contributed by atoms with van der Waals surface area (Å²) in [5.41, 5.74) is 0.488. The van der Waals surface area contributed by atoms with Crippen molar-refractivity contribution in [2.45, 2.75) is 141 Å². The molecule has 1 aliphatic heterocycles. The first kappa shape index (κ1) is 47.7. The van der Waals surface area contributed by atoms with Crippen LogP contribution in [0.1, 0.15) is 91.8 Å². The molecule has 2 aromatic rings. The first-order valence-corrected chi connectivity index (χ1v) is 21.4. The Labute approximate surface area is 346 Å². The third kappa shape index (κ3) is 17.1. The highest BCUT2D eigenvalue weighted by molar-refractivity contribution is 7.98. The van der Waals surface area contributed by atoms with Crippen molar-refractivity contribution in [3.63, 3.8) is 0 Å². The Bertz CT molecular complexity index is 1640. The van der Waals surface area contributed by atoms with Gasteiger partial charge in [0.1, 0.15) is 23.7 Å². The molecule has 1 aromatic heterocycles. The normalized spacial score (nSPS) is 18.0. The molecule has 1 aliphatic rings. The fraction of sp³-hybridized carbons (Fsp3) is 0.634. The fourth-order valence-electron chi connectivity index (χ4n) is 6.67. The average Bonchev–Trinajstić information content (AvgIpc) is 3.76. The van der Waals surface area contributed by atoms with Gasteiger partial charge in [-0.25, -0.2) is 9.78 Å². The molecule has 0 spiro atoms. The van der Waals surface area contributed by atoms with Gasteiger partial charge in [-0.05, 0) is 69.4 Å². The highest BCUT2D eigenvalue weighted by atomic mass is 32.2. The van der Waals surface area contributed by atoms with Gasteiger partial charge in [-0.15, -0.1) is 0 Å². The molecule has 1 aromatic carbocycles. The molecule has 0 saturated carbocycles. The lowest BCUT2D eigenvalue weighted by Gasteiger charge is -2.29. The minimum absolute atomic E-state index is 0.000579. The van der Waals surface area contributed by atoms with Gasteiger partial charge in [-0.3, -0.25) is 24.0 Å². The van der Waals surface area contributed by atoms with Crippen molar-refractivity contribution in [2.75, 3.05) is 12.0 Å². The van der Waals surface area contributed by atoms with Crippen molar-refractivity contribution in [1.29, 1.82) is 0 Å². The lowest BCUT2D eigenvalue weighted by atomic mass is 9.96. The molecule has 0 aliphatic carbocycles. The number of carbonyl (C=O) groups excluding carboxylic acids is 6. The number of rotatable bonds is 22. The molecule has 0 bridgehead atoms. The van der Waals surface area contributed by atoms with Crippen LogP contribution in [0.4, 0.5) is 4.79 Å². The zero-order chi connectivity index (χ0) is 43.0. The van der Waals surface area contributed by atoms with Crippen LogP contribution in [0.25, 0.3) is 0 Å². The number of aromatic nitrogens is 2. The summed E-state index contributed by atoms with van der Waals surface area (Å²) < 4.78 is 5.43. The van der Waals surface area contributed by atoms with Gasteiger partial charge >= 0.3 is 6.09 Å². The van der Waals surface area contributed by atoms with Crippen molar-refractivity contribution < 1.29 is 38.6 Å². The van der Waals surface area contributed by atoms with Crippen LogP contribution in [0.15, 0.2) is 42.9 Å². The number of benzene rings is 1. The average molecular weight is 829 g/mol. The largest absolute Gasteiger partial charge is 0.444 e. The molecular weight excluding hydrogens is 765 g/mol. The fourth-order valence-corrected chi connectivity index (χ4v) is 7.15. The van der Waals surface area contributed by atoms with Crippen LogP contribution < -0.4 is 31.9 Å². The molecule has 0 radical (unpaired) electrons. The van der Waals surface area contributed by atoms with Gasteiger partial charge in [0.25, 0.3) is 0 Å². The van der Waals surface area contributed by atoms with Gasteiger partial charge in [-0.2, -0.15) is 11.8 Å². The summed E-state index contributed by atoms with van der Waals surface area (Å²) in [4.78, 5) is 86.9. The van der Waals surface area contributed by atoms with Crippen LogP contribution in [0.3, 0.4) is 0 Å². The second kappa shape index (κ2) is 23.1. The Hall–Kier alpha value is -4.64. The molecule has 1 fully saturated rings. The van der Waals surface area contributed by atoms with Crippen LogP contribution in [0.5, 0.6) is 0 Å². The summed E-state index contributed by atoms with van der Waals surface area (Å²) in [6, 6.07) is 4.34. The van der Waals surface area contributed by atoms with Crippen LogP contribution in [0.2, 0.25) is 0 Å². The predicted octanol–water partition coefficient (Wildman–Crippen LogP) is 2.51. The number of ether oxygens (including phenoxy) is 1. The molecule has 0 unspecified atom stereocenters. The summed E-state index contributed by atoms with van der Waals surface area (Å²) in [6.45, 7) is 13.0. The maximum atomic E-state index is 14.1. The minimum atomic E-state index is -1.36. The van der Waals surface area contributed by atoms with Gasteiger partial charge in [-0.1, -0.05) is 58.0 Å². The molecule has 3 rings (SSSR count). The number of thioether (sulfide) groups is 1. The molecule has 7 atom stereocenters. The number of carbonyl (C=O) groups is 6. The van der Waals surface area contributed by atoms with E-state index in [1.54, 1.807) is 20.8 Å². The van der Waals surface area contributed by atoms with E-state index in [2.05, 4.69) is 41.9 Å². The molecule has 322 valence electrons. The minimum Gasteiger partial charge on any atom is -0.444 e. The number of nitrogens with one attached hydrogen (secondary N) is 7. The van der Waals surface area contributed by atoms with Gasteiger partial charge in [0.15, 0.2) is 0 Å². The molecular formula is C41H64N8O8S. The molecule has 8 N–H and O–H groups in total. The molecule has 58 heavy (non-hydrogen) atoms. The van der Waals surface area contributed by atoms with Crippen LogP contribution in [-0.4, -0.2) is 111 Å². The highest BCUT2D eigenvalue weighted by Crippen LogP contribution is 2.18. The number of alkyl carbamates (subject to hydrolysis) is 1. The summed E-state index contributed by atoms with van der Waals surface area (Å²) in [7, 11) is 0. The van der Waals surface area contributed by atoms with E-state index in [-0.39, 0.29) is 43.6 Å². The van der Waals surface area contributed by atoms with Crippen molar-refractivity contribution in [1.82, 2.24) is 41.9 Å². The van der Waals surface area contributed by atoms with E-state index in [1.807, 2.05) is 64.3 Å². The lowest BCUT2D eigenvalue weighted by molar-refractivity contribution is -0.132.